The summed E-state index contributed by atoms with van der Waals surface area (Å²) in [4.78, 5) is 28.4. The molecule has 1 amide bonds. The molecule has 2 fully saturated rings. The minimum absolute atomic E-state index is 0.184. The second-order valence-electron chi connectivity index (χ2n) is 10.2. The molecule has 0 saturated carbocycles. The first-order valence-corrected chi connectivity index (χ1v) is 14.7. The summed E-state index contributed by atoms with van der Waals surface area (Å²) in [6.45, 7) is 3.06. The zero-order valence-electron chi connectivity index (χ0n) is 21.5. The van der Waals surface area contributed by atoms with Crippen LogP contribution in [0.15, 0.2) is 59.1 Å². The highest BCUT2D eigenvalue weighted by Gasteiger charge is 2.73. The van der Waals surface area contributed by atoms with E-state index in [2.05, 4.69) is 26.1 Å². The minimum atomic E-state index is -1.38. The number of nitrogens with zero attached hydrogens (tertiary/aromatic N) is 2. The van der Waals surface area contributed by atoms with Crippen molar-refractivity contribution in [3.05, 3.63) is 95.9 Å². The second kappa shape index (κ2) is 10.5. The monoisotopic (exact) mass is 645 g/mol. The van der Waals surface area contributed by atoms with Crippen molar-refractivity contribution in [2.45, 2.75) is 49.9 Å². The lowest BCUT2D eigenvalue weighted by molar-refractivity contribution is -0.534. The number of halogens is 3. The molecule has 208 valence electrons. The third kappa shape index (κ3) is 4.17. The van der Waals surface area contributed by atoms with Crippen LogP contribution >= 0.6 is 39.1 Å². The van der Waals surface area contributed by atoms with E-state index in [0.29, 0.717) is 50.4 Å². The number of para-hydroxylation sites is 1. The third-order valence-electron chi connectivity index (χ3n) is 8.18. The maximum absolute atomic E-state index is 13.7. The molecule has 8 nitrogen and oxygen atoms in total. The summed E-state index contributed by atoms with van der Waals surface area (Å²) in [5.74, 6) is 0.0644. The average molecular weight is 647 g/mol. The molecule has 3 aromatic rings. The highest BCUT2D eigenvalue weighted by Crippen LogP contribution is 2.58. The fraction of sp³-hybridized carbons (Fsp3) is 0.345. The molecule has 1 N–H and O–H groups in total. The number of carbonyl (C=O) groups excluding carboxylic acids is 1. The number of anilines is 1. The minimum Gasteiger partial charge on any atom is -0.490 e. The van der Waals surface area contributed by atoms with Crippen molar-refractivity contribution < 1.29 is 19.2 Å². The van der Waals surface area contributed by atoms with E-state index in [1.807, 2.05) is 43.3 Å². The van der Waals surface area contributed by atoms with Gasteiger partial charge in [-0.25, -0.2) is 0 Å². The largest absolute Gasteiger partial charge is 0.490 e. The van der Waals surface area contributed by atoms with Gasteiger partial charge in [0, 0.05) is 28.8 Å². The van der Waals surface area contributed by atoms with Crippen molar-refractivity contribution in [3.63, 3.8) is 0 Å². The number of hydrogen-bond donors (Lipinski definition) is 1. The molecule has 3 aliphatic rings. The van der Waals surface area contributed by atoms with Crippen LogP contribution < -0.4 is 14.8 Å². The number of nitrogens with one attached hydrogen (secondary N) is 1. The fourth-order valence-electron chi connectivity index (χ4n) is 6.74. The van der Waals surface area contributed by atoms with Gasteiger partial charge in [-0.2, -0.15) is 0 Å². The average Bonchev–Trinajstić information content (AvgIpc) is 3.58. The van der Waals surface area contributed by atoms with Gasteiger partial charge in [-0.3, -0.25) is 19.8 Å². The number of benzene rings is 3. The standard InChI is InChI=1S/C29H26BrCl2N3O5/c1-2-39-24-14-17(13-19(30)26(24)40-15-16-9-10-20(31)21(32)12-16)25-23-8-5-11-34(23)29(27(25)35(37)38)18-6-3-4-7-22(18)33-28(29)36/h3-4,6-7,9-10,12-14,23,25,27H,2,5,8,11,15H2,1H3,(H,33,36)/t23-,25+,27+,29+/m0/s1. The Morgan fingerprint density at radius 1 is 1.15 bits per heavy atom. The van der Waals surface area contributed by atoms with Gasteiger partial charge < -0.3 is 14.8 Å². The molecular formula is C29H26BrCl2N3O5. The Hall–Kier alpha value is -2.85. The zero-order chi connectivity index (χ0) is 28.2. The van der Waals surface area contributed by atoms with E-state index < -0.39 is 17.5 Å². The zero-order valence-corrected chi connectivity index (χ0v) is 24.6. The number of rotatable bonds is 7. The van der Waals surface area contributed by atoms with Crippen LogP contribution in [-0.2, 0) is 16.9 Å². The Balaban J connectivity index is 1.43. The predicted octanol–water partition coefficient (Wildman–Crippen LogP) is 6.79. The summed E-state index contributed by atoms with van der Waals surface area (Å²) in [5.41, 5.74) is 1.47. The van der Waals surface area contributed by atoms with E-state index in [9.17, 15) is 14.9 Å². The number of amides is 1. The Bertz CT molecular complexity index is 1520. The highest BCUT2D eigenvalue weighted by atomic mass is 79.9. The van der Waals surface area contributed by atoms with Crippen molar-refractivity contribution >= 4 is 50.7 Å². The Labute approximate surface area is 249 Å². The molecule has 0 aromatic heterocycles. The van der Waals surface area contributed by atoms with E-state index in [0.717, 1.165) is 24.0 Å². The lowest BCUT2D eigenvalue weighted by atomic mass is 9.77. The molecule has 4 atom stereocenters. The first kappa shape index (κ1) is 27.3. The van der Waals surface area contributed by atoms with Gasteiger partial charge >= 0.3 is 0 Å². The third-order valence-corrected chi connectivity index (χ3v) is 9.51. The van der Waals surface area contributed by atoms with Crippen LogP contribution in [0.3, 0.4) is 0 Å². The van der Waals surface area contributed by atoms with Gasteiger partial charge in [-0.05, 0) is 77.2 Å². The van der Waals surface area contributed by atoms with E-state index in [4.69, 9.17) is 32.7 Å². The maximum atomic E-state index is 13.7. The Morgan fingerprint density at radius 2 is 1.95 bits per heavy atom. The number of hydrogen-bond acceptors (Lipinski definition) is 6. The van der Waals surface area contributed by atoms with Crippen LogP contribution in [0.5, 0.6) is 11.5 Å². The van der Waals surface area contributed by atoms with Gasteiger partial charge in [0.05, 0.1) is 27.0 Å². The number of carbonyl (C=O) groups is 1. The summed E-state index contributed by atoms with van der Waals surface area (Å²) in [7, 11) is 0. The quantitative estimate of drug-likeness (QED) is 0.224. The molecular weight excluding hydrogens is 621 g/mol. The Kier molecular flexibility index (Phi) is 7.19. The van der Waals surface area contributed by atoms with Crippen LogP contribution in [0, 0.1) is 10.1 Å². The van der Waals surface area contributed by atoms with Crippen molar-refractivity contribution in [2.75, 3.05) is 18.5 Å². The van der Waals surface area contributed by atoms with Crippen LogP contribution in [0.2, 0.25) is 10.0 Å². The fourth-order valence-corrected chi connectivity index (χ4v) is 7.64. The van der Waals surface area contributed by atoms with Crippen molar-refractivity contribution in [2.24, 2.45) is 0 Å². The SMILES string of the molecule is CCOc1cc([C@@H]2[C@@H]3CCCN3[C@@]3(C(=O)Nc4ccccc43)[C@@H]2[N+](=O)[O-])cc(Br)c1OCc1ccc(Cl)c(Cl)c1. The first-order chi connectivity index (χ1) is 19.3. The molecule has 0 aliphatic carbocycles. The van der Waals surface area contributed by atoms with Crippen LogP contribution in [0.1, 0.15) is 42.4 Å². The first-order valence-electron chi connectivity index (χ1n) is 13.1. The summed E-state index contributed by atoms with van der Waals surface area (Å²) in [6, 6.07) is 14.9. The van der Waals surface area contributed by atoms with Crippen LogP contribution in [0.25, 0.3) is 0 Å². The van der Waals surface area contributed by atoms with E-state index >= 15 is 0 Å². The lowest BCUT2D eigenvalue weighted by Crippen LogP contribution is -2.55. The van der Waals surface area contributed by atoms with Crippen molar-refractivity contribution in [1.82, 2.24) is 4.90 Å². The lowest BCUT2D eigenvalue weighted by Gasteiger charge is -2.32. The summed E-state index contributed by atoms with van der Waals surface area (Å²) in [6.07, 6.45) is 1.61. The number of ether oxygens (including phenoxy) is 2. The van der Waals surface area contributed by atoms with Gasteiger partial charge in [0.25, 0.3) is 11.9 Å². The summed E-state index contributed by atoms with van der Waals surface area (Å²) in [5, 5.41) is 16.7. The molecule has 3 aromatic carbocycles. The van der Waals surface area contributed by atoms with Gasteiger partial charge in [0.1, 0.15) is 6.61 Å². The van der Waals surface area contributed by atoms with Crippen LogP contribution in [0.4, 0.5) is 5.69 Å². The van der Waals surface area contributed by atoms with Crippen LogP contribution in [-0.4, -0.2) is 41.0 Å². The van der Waals surface area contributed by atoms with E-state index in [1.165, 1.54) is 0 Å². The molecule has 0 radical (unpaired) electrons. The normalized spacial score (nSPS) is 25.1. The topological polar surface area (TPSA) is 93.9 Å². The smallest absolute Gasteiger partial charge is 0.256 e. The van der Waals surface area contributed by atoms with Gasteiger partial charge in [0.2, 0.25) is 0 Å². The molecule has 0 unspecified atom stereocenters. The van der Waals surface area contributed by atoms with Crippen molar-refractivity contribution in [1.29, 1.82) is 0 Å². The Morgan fingerprint density at radius 3 is 2.70 bits per heavy atom. The predicted molar refractivity (Wildman–Crippen MR) is 156 cm³/mol. The molecule has 3 aliphatic heterocycles. The van der Waals surface area contributed by atoms with E-state index in [1.54, 1.807) is 18.2 Å². The molecule has 6 rings (SSSR count). The summed E-state index contributed by atoms with van der Waals surface area (Å²) >= 11 is 15.9. The highest BCUT2D eigenvalue weighted by molar-refractivity contribution is 9.10. The summed E-state index contributed by atoms with van der Waals surface area (Å²) < 4.78 is 12.7. The van der Waals surface area contributed by atoms with Crippen molar-refractivity contribution in [3.8, 4) is 11.5 Å². The molecule has 0 bridgehead atoms. The van der Waals surface area contributed by atoms with Gasteiger partial charge in [0.15, 0.2) is 17.0 Å². The molecule has 3 heterocycles. The number of nitro groups is 1. The molecule has 40 heavy (non-hydrogen) atoms. The molecule has 11 heteroatoms. The van der Waals surface area contributed by atoms with Gasteiger partial charge in [-0.1, -0.05) is 47.5 Å². The molecule has 1 spiro atoms. The molecule has 2 saturated heterocycles. The number of fused-ring (bicyclic) bond motifs is 4. The second-order valence-corrected chi connectivity index (χ2v) is 11.9. The van der Waals surface area contributed by atoms with Gasteiger partial charge in [-0.15, -0.1) is 0 Å². The maximum Gasteiger partial charge on any atom is 0.256 e. The van der Waals surface area contributed by atoms with E-state index in [-0.39, 0.29) is 23.5 Å².